The Hall–Kier alpha value is -2.69. The maximum atomic E-state index is 14.2. The van der Waals surface area contributed by atoms with Crippen LogP contribution < -0.4 is 5.32 Å². The molecule has 2 N–H and O–H groups in total. The van der Waals surface area contributed by atoms with Crippen LogP contribution in [0.3, 0.4) is 0 Å². The van der Waals surface area contributed by atoms with Gasteiger partial charge < -0.3 is 10.4 Å². The van der Waals surface area contributed by atoms with Gasteiger partial charge in [-0.3, -0.25) is 14.8 Å². The number of nitro groups is 1. The van der Waals surface area contributed by atoms with Crippen molar-refractivity contribution in [2.75, 3.05) is 5.32 Å². The number of hydrogen-bond acceptors (Lipinski definition) is 5. The van der Waals surface area contributed by atoms with Gasteiger partial charge >= 0.3 is 5.69 Å². The summed E-state index contributed by atoms with van der Waals surface area (Å²) in [7, 11) is 1.61. The number of nitrogens with one attached hydrogen (secondary N) is 1. The summed E-state index contributed by atoms with van der Waals surface area (Å²) in [5, 5.41) is 28.1. The molecule has 134 valence electrons. The number of aryl methyl sites for hydroxylation is 2. The Labute approximate surface area is 161 Å². The predicted octanol–water partition coefficient (Wildman–Crippen LogP) is 4.50. The van der Waals surface area contributed by atoms with E-state index < -0.39 is 16.4 Å². The van der Waals surface area contributed by atoms with Crippen molar-refractivity contribution in [3.63, 3.8) is 0 Å². The van der Waals surface area contributed by atoms with Gasteiger partial charge in [0.2, 0.25) is 11.7 Å². The fourth-order valence-electron chi connectivity index (χ4n) is 2.61. The summed E-state index contributed by atoms with van der Waals surface area (Å²) in [5.41, 5.74) is 1.82. The lowest BCUT2D eigenvalue weighted by molar-refractivity contribution is -0.387. The van der Waals surface area contributed by atoms with Crippen LogP contribution in [-0.2, 0) is 7.05 Å². The molecule has 0 atom stereocenters. The van der Waals surface area contributed by atoms with E-state index in [2.05, 4.69) is 33.0 Å². The predicted molar refractivity (Wildman–Crippen MR) is 104 cm³/mol. The van der Waals surface area contributed by atoms with Gasteiger partial charge in [0.25, 0.3) is 0 Å². The van der Waals surface area contributed by atoms with Gasteiger partial charge in [0.15, 0.2) is 0 Å². The van der Waals surface area contributed by atoms with Crippen LogP contribution in [0.15, 0.2) is 36.5 Å². The summed E-state index contributed by atoms with van der Waals surface area (Å²) < 4.78 is 16.6. The van der Waals surface area contributed by atoms with E-state index in [0.717, 1.165) is 27.0 Å². The summed E-state index contributed by atoms with van der Waals surface area (Å²) in [6, 6.07) is 7.82. The highest BCUT2D eigenvalue weighted by molar-refractivity contribution is 14.1. The Kier molecular flexibility index (Phi) is 4.81. The van der Waals surface area contributed by atoms with Crippen LogP contribution in [-0.4, -0.2) is 19.8 Å². The molecule has 1 aromatic heterocycles. The normalized spacial score (nSPS) is 10.8. The number of halogens is 2. The number of benzene rings is 2. The number of aromatic hydroxyl groups is 1. The average Bonchev–Trinajstić information content (AvgIpc) is 2.88. The minimum absolute atomic E-state index is 0.265. The van der Waals surface area contributed by atoms with Crippen molar-refractivity contribution >= 4 is 39.7 Å². The molecule has 0 bridgehead atoms. The van der Waals surface area contributed by atoms with E-state index in [9.17, 15) is 19.6 Å². The third-order valence-electron chi connectivity index (χ3n) is 3.84. The third kappa shape index (κ3) is 3.47. The Morgan fingerprint density at radius 1 is 1.27 bits per heavy atom. The molecule has 0 aliphatic carbocycles. The topological polar surface area (TPSA) is 93.2 Å². The average molecular weight is 468 g/mol. The van der Waals surface area contributed by atoms with Gasteiger partial charge in [0, 0.05) is 40.2 Å². The molecule has 7 nitrogen and oxygen atoms in total. The quantitative estimate of drug-likeness (QED) is 0.334. The van der Waals surface area contributed by atoms with E-state index in [-0.39, 0.29) is 17.0 Å². The lowest BCUT2D eigenvalue weighted by atomic mass is 10.0. The van der Waals surface area contributed by atoms with E-state index in [1.54, 1.807) is 7.05 Å². The molecule has 1 heterocycles. The second-order valence-corrected chi connectivity index (χ2v) is 6.98. The molecule has 2 aromatic carbocycles. The van der Waals surface area contributed by atoms with Crippen molar-refractivity contribution < 1.29 is 14.4 Å². The summed E-state index contributed by atoms with van der Waals surface area (Å²) in [5.74, 6) is -1.26. The molecule has 0 aliphatic heterocycles. The van der Waals surface area contributed by atoms with Crippen molar-refractivity contribution in [2.24, 2.45) is 7.05 Å². The van der Waals surface area contributed by atoms with Gasteiger partial charge in [0.05, 0.1) is 16.2 Å². The molecular formula is C17H14FIN4O3. The fraction of sp³-hybridized carbons (Fsp3) is 0.118. The molecule has 0 amide bonds. The summed E-state index contributed by atoms with van der Waals surface area (Å²) in [6.45, 7) is 1.90. The maximum Gasteiger partial charge on any atom is 0.305 e. The maximum absolute atomic E-state index is 14.2. The number of nitrogens with zero attached hydrogens (tertiary/aromatic N) is 3. The van der Waals surface area contributed by atoms with Crippen LogP contribution in [0.5, 0.6) is 5.88 Å². The Morgan fingerprint density at radius 2 is 2.00 bits per heavy atom. The third-order valence-corrected chi connectivity index (χ3v) is 4.51. The fourth-order valence-corrected chi connectivity index (χ4v) is 3.25. The van der Waals surface area contributed by atoms with Crippen molar-refractivity contribution in [1.29, 1.82) is 0 Å². The molecule has 0 saturated heterocycles. The first-order chi connectivity index (χ1) is 12.3. The lowest BCUT2D eigenvalue weighted by Gasteiger charge is -2.14. The zero-order valence-corrected chi connectivity index (χ0v) is 16.0. The molecule has 3 rings (SSSR count). The van der Waals surface area contributed by atoms with Gasteiger partial charge in [-0.05, 0) is 53.3 Å². The molecule has 26 heavy (non-hydrogen) atoms. The largest absolute Gasteiger partial charge is 0.492 e. The first kappa shape index (κ1) is 18.1. The van der Waals surface area contributed by atoms with E-state index in [0.29, 0.717) is 5.69 Å². The van der Waals surface area contributed by atoms with E-state index in [1.807, 2.05) is 25.1 Å². The van der Waals surface area contributed by atoms with Crippen LogP contribution in [0.2, 0.25) is 0 Å². The molecule has 0 aliphatic rings. The first-order valence-corrected chi connectivity index (χ1v) is 8.58. The standard InChI is InChI=1S/C17H14FIN4O3/c1-9-5-10(19)3-4-14(9)20-15-7-13(18)16(23(25)26)6-11(15)12-8-22(2)21-17(12)24/h3-8,20H,1-2H3,(H,21,24). The zero-order chi connectivity index (χ0) is 19.0. The summed E-state index contributed by atoms with van der Waals surface area (Å²) in [6.07, 6.45) is 1.51. The second kappa shape index (κ2) is 6.90. The Bertz CT molecular complexity index is 1020. The van der Waals surface area contributed by atoms with Crippen LogP contribution in [0, 0.1) is 26.4 Å². The smallest absolute Gasteiger partial charge is 0.305 e. The number of hydrogen-bond donors (Lipinski definition) is 2. The monoisotopic (exact) mass is 468 g/mol. The van der Waals surface area contributed by atoms with E-state index in [1.165, 1.54) is 10.9 Å². The van der Waals surface area contributed by atoms with Crippen molar-refractivity contribution in [3.05, 3.63) is 61.6 Å². The number of nitro benzene ring substituents is 1. The lowest BCUT2D eigenvalue weighted by Crippen LogP contribution is -2.00. The number of aromatic nitrogens is 2. The summed E-state index contributed by atoms with van der Waals surface area (Å²) in [4.78, 5) is 10.3. The number of anilines is 2. The van der Waals surface area contributed by atoms with E-state index >= 15 is 0 Å². The molecule has 9 heteroatoms. The van der Waals surface area contributed by atoms with Gasteiger partial charge in [-0.15, -0.1) is 5.10 Å². The molecule has 0 fully saturated rings. The minimum Gasteiger partial charge on any atom is -0.492 e. The minimum atomic E-state index is -0.965. The van der Waals surface area contributed by atoms with Crippen molar-refractivity contribution in [2.45, 2.75) is 6.92 Å². The molecular weight excluding hydrogens is 454 g/mol. The van der Waals surface area contributed by atoms with Crippen LogP contribution >= 0.6 is 22.6 Å². The molecule has 0 saturated carbocycles. The highest BCUT2D eigenvalue weighted by atomic mass is 127. The van der Waals surface area contributed by atoms with E-state index in [4.69, 9.17) is 0 Å². The Balaban J connectivity index is 2.18. The highest BCUT2D eigenvalue weighted by Crippen LogP contribution is 2.39. The van der Waals surface area contributed by atoms with Crippen LogP contribution in [0.25, 0.3) is 11.1 Å². The van der Waals surface area contributed by atoms with Crippen LogP contribution in [0.4, 0.5) is 21.5 Å². The number of rotatable bonds is 4. The van der Waals surface area contributed by atoms with Gasteiger partial charge in [-0.1, -0.05) is 0 Å². The van der Waals surface area contributed by atoms with Gasteiger partial charge in [-0.2, -0.15) is 4.39 Å². The van der Waals surface area contributed by atoms with Gasteiger partial charge in [0.1, 0.15) is 0 Å². The molecule has 0 radical (unpaired) electrons. The zero-order valence-electron chi connectivity index (χ0n) is 13.8. The SMILES string of the molecule is Cc1cc(I)ccc1Nc1cc(F)c([N+](=O)[O-])cc1-c1cn(C)nc1O. The summed E-state index contributed by atoms with van der Waals surface area (Å²) >= 11 is 2.19. The molecule has 0 spiro atoms. The first-order valence-electron chi connectivity index (χ1n) is 7.50. The van der Waals surface area contributed by atoms with Crippen molar-refractivity contribution in [1.82, 2.24) is 9.78 Å². The highest BCUT2D eigenvalue weighted by Gasteiger charge is 2.22. The molecule has 0 unspecified atom stereocenters. The second-order valence-electron chi connectivity index (χ2n) is 5.73. The van der Waals surface area contributed by atoms with Crippen LogP contribution in [0.1, 0.15) is 5.56 Å². The van der Waals surface area contributed by atoms with Gasteiger partial charge in [-0.25, -0.2) is 0 Å². The molecule has 3 aromatic rings. The van der Waals surface area contributed by atoms with Crippen molar-refractivity contribution in [3.8, 4) is 17.0 Å². The Morgan fingerprint density at radius 3 is 2.58 bits per heavy atom.